The molecule has 0 unspecified atom stereocenters. The number of hydrogen-bond acceptors (Lipinski definition) is 3. The van der Waals surface area contributed by atoms with Gasteiger partial charge in [-0.05, 0) is 24.5 Å². The summed E-state index contributed by atoms with van der Waals surface area (Å²) < 4.78 is 1.81. The summed E-state index contributed by atoms with van der Waals surface area (Å²) in [6.07, 6.45) is 2.51. The lowest BCUT2D eigenvalue weighted by Crippen LogP contribution is -2.25. The van der Waals surface area contributed by atoms with E-state index in [2.05, 4.69) is 29.2 Å². The zero-order valence-electron chi connectivity index (χ0n) is 13.1. The van der Waals surface area contributed by atoms with Crippen LogP contribution in [0.25, 0.3) is 0 Å². The number of hydrogen-bond donors (Lipinski definition) is 1. The second kappa shape index (κ2) is 6.52. The Morgan fingerprint density at radius 3 is 2.71 bits per heavy atom. The number of amides is 1. The molecule has 2 aromatic heterocycles. The van der Waals surface area contributed by atoms with Crippen molar-refractivity contribution in [3.8, 4) is 0 Å². The zero-order valence-corrected chi connectivity index (χ0v) is 13.1. The molecule has 0 radical (unpaired) electrons. The minimum Gasteiger partial charge on any atom is -0.346 e. The number of carbonyl (C=O) groups is 1. The summed E-state index contributed by atoms with van der Waals surface area (Å²) in [6.45, 7) is 6.57. The van der Waals surface area contributed by atoms with Crippen LogP contribution in [0.3, 0.4) is 0 Å². The first kappa shape index (κ1) is 15.2. The molecular formula is C16H22N4O. The summed E-state index contributed by atoms with van der Waals surface area (Å²) >= 11 is 0. The number of nitrogens with zero attached hydrogens (tertiary/aromatic N) is 3. The summed E-state index contributed by atoms with van der Waals surface area (Å²) in [6, 6.07) is 5.67. The molecule has 0 aliphatic heterocycles. The van der Waals surface area contributed by atoms with Crippen LogP contribution in [-0.2, 0) is 20.0 Å². The van der Waals surface area contributed by atoms with E-state index in [-0.39, 0.29) is 11.8 Å². The van der Waals surface area contributed by atoms with E-state index in [4.69, 9.17) is 0 Å². The van der Waals surface area contributed by atoms with Gasteiger partial charge in [0, 0.05) is 13.2 Å². The van der Waals surface area contributed by atoms with E-state index < -0.39 is 0 Å². The van der Waals surface area contributed by atoms with Gasteiger partial charge in [-0.1, -0.05) is 26.8 Å². The molecular weight excluding hydrogens is 264 g/mol. The van der Waals surface area contributed by atoms with Crippen molar-refractivity contribution >= 4 is 5.91 Å². The second-order valence-corrected chi connectivity index (χ2v) is 5.34. The maximum Gasteiger partial charge on any atom is 0.255 e. The van der Waals surface area contributed by atoms with Crippen LogP contribution in [0, 0.1) is 0 Å². The minimum atomic E-state index is -0.0747. The molecule has 0 aliphatic carbocycles. The van der Waals surface area contributed by atoms with Crippen molar-refractivity contribution in [2.45, 2.75) is 39.7 Å². The molecule has 0 aromatic carbocycles. The molecule has 112 valence electrons. The number of pyridine rings is 1. The Bertz CT molecular complexity index is 617. The van der Waals surface area contributed by atoms with E-state index in [1.807, 2.05) is 36.9 Å². The highest BCUT2D eigenvalue weighted by atomic mass is 16.1. The average Bonchev–Trinajstić information content (AvgIpc) is 2.82. The average molecular weight is 286 g/mol. The van der Waals surface area contributed by atoms with Crippen LogP contribution >= 0.6 is 0 Å². The molecule has 1 N–H and O–H groups in total. The predicted octanol–water partition coefficient (Wildman–Crippen LogP) is 2.43. The molecule has 0 fully saturated rings. The fourth-order valence-corrected chi connectivity index (χ4v) is 2.40. The number of nitrogens with one attached hydrogen (secondary N) is 1. The van der Waals surface area contributed by atoms with Gasteiger partial charge in [-0.3, -0.25) is 14.5 Å². The zero-order chi connectivity index (χ0) is 15.4. The first-order valence-electron chi connectivity index (χ1n) is 7.28. The second-order valence-electron chi connectivity index (χ2n) is 5.34. The highest BCUT2D eigenvalue weighted by Gasteiger charge is 2.23. The quantitative estimate of drug-likeness (QED) is 0.918. The molecule has 0 bridgehead atoms. The molecule has 1 amide bonds. The van der Waals surface area contributed by atoms with Crippen molar-refractivity contribution in [3.63, 3.8) is 0 Å². The van der Waals surface area contributed by atoms with E-state index >= 15 is 0 Å². The molecule has 0 aliphatic rings. The Labute approximate surface area is 125 Å². The summed E-state index contributed by atoms with van der Waals surface area (Å²) in [5, 5.41) is 7.44. The normalized spacial score (nSPS) is 10.9. The van der Waals surface area contributed by atoms with Crippen LogP contribution in [0.4, 0.5) is 0 Å². The molecule has 5 nitrogen and oxygen atoms in total. The van der Waals surface area contributed by atoms with Gasteiger partial charge >= 0.3 is 0 Å². The van der Waals surface area contributed by atoms with E-state index in [0.717, 1.165) is 23.5 Å². The lowest BCUT2D eigenvalue weighted by molar-refractivity contribution is 0.0948. The largest absolute Gasteiger partial charge is 0.346 e. The number of rotatable bonds is 5. The van der Waals surface area contributed by atoms with Gasteiger partial charge in [0.1, 0.15) is 0 Å². The van der Waals surface area contributed by atoms with Gasteiger partial charge in [0.2, 0.25) is 0 Å². The summed E-state index contributed by atoms with van der Waals surface area (Å²) in [5.74, 6) is 0.140. The highest BCUT2D eigenvalue weighted by molar-refractivity contribution is 5.96. The molecule has 21 heavy (non-hydrogen) atoms. The molecule has 2 aromatic rings. The van der Waals surface area contributed by atoms with Crippen LogP contribution in [0.5, 0.6) is 0 Å². The monoisotopic (exact) mass is 286 g/mol. The maximum atomic E-state index is 12.5. The number of aromatic nitrogens is 3. The van der Waals surface area contributed by atoms with Crippen molar-refractivity contribution in [3.05, 3.63) is 47.0 Å². The smallest absolute Gasteiger partial charge is 0.255 e. The van der Waals surface area contributed by atoms with Crippen LogP contribution in [0.2, 0.25) is 0 Å². The Kier molecular flexibility index (Phi) is 4.73. The van der Waals surface area contributed by atoms with Crippen LogP contribution in [0.15, 0.2) is 24.4 Å². The van der Waals surface area contributed by atoms with Crippen LogP contribution in [-0.4, -0.2) is 20.7 Å². The van der Waals surface area contributed by atoms with Crippen molar-refractivity contribution in [2.24, 2.45) is 7.05 Å². The van der Waals surface area contributed by atoms with Crippen molar-refractivity contribution in [1.29, 1.82) is 0 Å². The van der Waals surface area contributed by atoms with Crippen LogP contribution < -0.4 is 5.32 Å². The van der Waals surface area contributed by atoms with Gasteiger partial charge in [0.25, 0.3) is 5.91 Å². The van der Waals surface area contributed by atoms with Crippen molar-refractivity contribution < 1.29 is 4.79 Å². The topological polar surface area (TPSA) is 59.8 Å². The van der Waals surface area contributed by atoms with E-state index in [1.165, 1.54) is 0 Å². The first-order valence-corrected chi connectivity index (χ1v) is 7.28. The first-order chi connectivity index (χ1) is 10.0. The standard InChI is InChI=1S/C16H22N4O/c1-5-13-14(15(11(2)3)19-20(13)4)16(21)18-10-12-8-6-7-9-17-12/h6-9,11H,5,10H2,1-4H3,(H,18,21). The lowest BCUT2D eigenvalue weighted by Gasteiger charge is -2.08. The highest BCUT2D eigenvalue weighted by Crippen LogP contribution is 2.22. The molecule has 0 spiro atoms. The van der Waals surface area contributed by atoms with Gasteiger partial charge in [-0.25, -0.2) is 0 Å². The molecule has 0 atom stereocenters. The van der Waals surface area contributed by atoms with Crippen LogP contribution in [0.1, 0.15) is 54.1 Å². The van der Waals surface area contributed by atoms with Crippen molar-refractivity contribution in [2.75, 3.05) is 0 Å². The van der Waals surface area contributed by atoms with Gasteiger partial charge < -0.3 is 5.32 Å². The Balaban J connectivity index is 2.22. The Morgan fingerprint density at radius 1 is 1.38 bits per heavy atom. The Morgan fingerprint density at radius 2 is 2.14 bits per heavy atom. The predicted molar refractivity (Wildman–Crippen MR) is 82.1 cm³/mol. The van der Waals surface area contributed by atoms with Gasteiger partial charge in [-0.15, -0.1) is 0 Å². The summed E-state index contributed by atoms with van der Waals surface area (Å²) in [5.41, 5.74) is 3.38. The van der Waals surface area contributed by atoms with E-state index in [9.17, 15) is 4.79 Å². The molecule has 2 heterocycles. The minimum absolute atomic E-state index is 0.0747. The third-order valence-corrected chi connectivity index (χ3v) is 3.46. The fraction of sp³-hybridized carbons (Fsp3) is 0.438. The molecule has 0 saturated heterocycles. The third-order valence-electron chi connectivity index (χ3n) is 3.46. The summed E-state index contributed by atoms with van der Waals surface area (Å²) in [7, 11) is 1.89. The molecule has 2 rings (SSSR count). The van der Waals surface area contributed by atoms with Gasteiger partial charge in [-0.2, -0.15) is 5.10 Å². The molecule has 0 saturated carbocycles. The van der Waals surface area contributed by atoms with Gasteiger partial charge in [0.05, 0.1) is 29.2 Å². The number of aryl methyl sites for hydroxylation is 1. The fourth-order valence-electron chi connectivity index (χ4n) is 2.40. The van der Waals surface area contributed by atoms with Gasteiger partial charge in [0.15, 0.2) is 0 Å². The number of carbonyl (C=O) groups excluding carboxylic acids is 1. The van der Waals surface area contributed by atoms with Crippen molar-refractivity contribution in [1.82, 2.24) is 20.1 Å². The third kappa shape index (κ3) is 3.29. The van der Waals surface area contributed by atoms with E-state index in [1.54, 1.807) is 6.20 Å². The molecule has 5 heteroatoms. The van der Waals surface area contributed by atoms with E-state index in [0.29, 0.717) is 12.1 Å². The summed E-state index contributed by atoms with van der Waals surface area (Å²) in [4.78, 5) is 16.8. The SMILES string of the molecule is CCc1c(C(=O)NCc2ccccn2)c(C(C)C)nn1C. The Hall–Kier alpha value is -2.17. The lowest BCUT2D eigenvalue weighted by atomic mass is 10.0. The maximum absolute atomic E-state index is 12.5.